The number of hydrogen-bond donors (Lipinski definition) is 0. The smallest absolute Gasteiger partial charge is 0.261 e. The molecule has 31 heavy (non-hydrogen) atoms. The molecule has 0 aromatic heterocycles. The minimum atomic E-state index is -2.61. The van der Waals surface area contributed by atoms with E-state index >= 15 is 0 Å². The number of rotatable bonds is 11. The van der Waals surface area contributed by atoms with Crippen molar-refractivity contribution in [3.8, 4) is 0 Å². The molecule has 168 valence electrons. The van der Waals surface area contributed by atoms with Gasteiger partial charge in [-0.25, -0.2) is 0 Å². The summed E-state index contributed by atoms with van der Waals surface area (Å²) >= 11 is 0. The third-order valence-electron chi connectivity index (χ3n) is 5.54. The van der Waals surface area contributed by atoms with Crippen molar-refractivity contribution in [2.75, 3.05) is 33.7 Å². The van der Waals surface area contributed by atoms with Crippen molar-refractivity contribution in [1.29, 1.82) is 0 Å². The Morgan fingerprint density at radius 3 is 2.06 bits per heavy atom. The summed E-state index contributed by atoms with van der Waals surface area (Å²) in [4.78, 5) is 0. The molecule has 6 heteroatoms. The number of hydrogen-bond acceptors (Lipinski definition) is 5. The monoisotopic (exact) mass is 442 g/mol. The molecular formula is C25H34O5Si. The van der Waals surface area contributed by atoms with Crippen molar-refractivity contribution in [3.63, 3.8) is 0 Å². The van der Waals surface area contributed by atoms with Crippen LogP contribution in [0.3, 0.4) is 0 Å². The maximum atomic E-state index is 6.96. The molecule has 0 saturated heterocycles. The second-order valence-corrected chi connectivity index (χ2v) is 12.9. The summed E-state index contributed by atoms with van der Waals surface area (Å²) in [6.07, 6.45) is 3.19. The first-order valence-corrected chi connectivity index (χ1v) is 12.7. The van der Waals surface area contributed by atoms with E-state index in [1.165, 1.54) is 10.4 Å². The summed E-state index contributed by atoms with van der Waals surface area (Å²) in [6, 6.07) is 21.2. The van der Waals surface area contributed by atoms with Gasteiger partial charge in [0.1, 0.15) is 19.0 Å². The quantitative estimate of drug-likeness (QED) is 0.303. The van der Waals surface area contributed by atoms with Crippen LogP contribution in [-0.4, -0.2) is 54.2 Å². The first-order chi connectivity index (χ1) is 15.0. The van der Waals surface area contributed by atoms with Gasteiger partial charge in [0.05, 0.1) is 26.1 Å². The molecule has 1 heterocycles. The van der Waals surface area contributed by atoms with Crippen LogP contribution in [0, 0.1) is 0 Å². The second-order valence-electron chi connectivity index (χ2n) is 8.63. The predicted molar refractivity (Wildman–Crippen MR) is 125 cm³/mol. The van der Waals surface area contributed by atoms with E-state index in [0.29, 0.717) is 19.8 Å². The maximum absolute atomic E-state index is 6.96. The van der Waals surface area contributed by atoms with E-state index in [9.17, 15) is 0 Å². The molecule has 0 saturated carbocycles. The highest BCUT2D eigenvalue weighted by atomic mass is 28.4. The zero-order chi connectivity index (χ0) is 22.2. The Kier molecular flexibility index (Phi) is 8.46. The molecule has 2 aromatic rings. The SMILES string of the molecule is COCCOCO[C@@H]1C=CO[C@@H]1CO[Si](c1ccccc1)(c1ccccc1)C(C)(C)C. The Bertz CT molecular complexity index is 764. The Balaban J connectivity index is 1.80. The van der Waals surface area contributed by atoms with Crippen molar-refractivity contribution in [2.24, 2.45) is 0 Å². The molecule has 0 aliphatic carbocycles. The lowest BCUT2D eigenvalue weighted by Gasteiger charge is -2.43. The molecule has 2 atom stereocenters. The topological polar surface area (TPSA) is 46.2 Å². The summed E-state index contributed by atoms with van der Waals surface area (Å²) < 4.78 is 29.1. The molecule has 0 N–H and O–H groups in total. The van der Waals surface area contributed by atoms with Crippen molar-refractivity contribution < 1.29 is 23.4 Å². The van der Waals surface area contributed by atoms with Gasteiger partial charge in [0.25, 0.3) is 8.32 Å². The van der Waals surface area contributed by atoms with Gasteiger partial charge in [0.2, 0.25) is 0 Å². The standard InChI is InChI=1S/C25H34O5Si/c1-25(2,3)31(21-11-7-5-8-12-21,22-13-9-6-10-14-22)30-19-24-23(15-16-28-24)29-20-27-18-17-26-4/h5-16,23-24H,17-20H2,1-4H3/t23-,24-/m1/s1. The van der Waals surface area contributed by atoms with E-state index in [2.05, 4.69) is 69.3 Å². The molecule has 0 spiro atoms. The van der Waals surface area contributed by atoms with Gasteiger partial charge in [-0.2, -0.15) is 0 Å². The van der Waals surface area contributed by atoms with Gasteiger partial charge in [0, 0.05) is 7.11 Å². The third-order valence-corrected chi connectivity index (χ3v) is 10.5. The van der Waals surface area contributed by atoms with Crippen LogP contribution in [0.4, 0.5) is 0 Å². The molecule has 0 amide bonds. The van der Waals surface area contributed by atoms with Crippen LogP contribution in [0.2, 0.25) is 5.04 Å². The first kappa shape index (κ1) is 23.7. The largest absolute Gasteiger partial charge is 0.493 e. The average Bonchev–Trinajstić information content (AvgIpc) is 3.22. The van der Waals surface area contributed by atoms with E-state index in [1.807, 2.05) is 18.2 Å². The Morgan fingerprint density at radius 2 is 1.52 bits per heavy atom. The van der Waals surface area contributed by atoms with Crippen LogP contribution >= 0.6 is 0 Å². The lowest BCUT2D eigenvalue weighted by Crippen LogP contribution is -2.67. The molecule has 2 aromatic carbocycles. The van der Waals surface area contributed by atoms with Crippen LogP contribution in [0.1, 0.15) is 20.8 Å². The molecule has 3 rings (SSSR count). The number of ether oxygens (including phenoxy) is 4. The Morgan fingerprint density at radius 1 is 0.903 bits per heavy atom. The molecule has 0 unspecified atom stereocenters. The van der Waals surface area contributed by atoms with Crippen molar-refractivity contribution in [2.45, 2.75) is 38.0 Å². The van der Waals surface area contributed by atoms with Gasteiger partial charge in [-0.1, -0.05) is 81.4 Å². The molecule has 0 bridgehead atoms. The zero-order valence-corrected chi connectivity index (χ0v) is 20.0. The summed E-state index contributed by atoms with van der Waals surface area (Å²) in [5, 5.41) is 2.42. The van der Waals surface area contributed by atoms with E-state index < -0.39 is 8.32 Å². The second kappa shape index (κ2) is 11.1. The van der Waals surface area contributed by atoms with Crippen LogP contribution in [0.5, 0.6) is 0 Å². The van der Waals surface area contributed by atoms with Gasteiger partial charge in [-0.05, 0) is 21.5 Å². The fraction of sp³-hybridized carbons (Fsp3) is 0.440. The van der Waals surface area contributed by atoms with Gasteiger partial charge >= 0.3 is 0 Å². The molecule has 5 nitrogen and oxygen atoms in total. The molecular weight excluding hydrogens is 408 g/mol. The summed E-state index contributed by atoms with van der Waals surface area (Å²) in [5.41, 5.74) is 0. The average molecular weight is 443 g/mol. The van der Waals surface area contributed by atoms with E-state index in [4.69, 9.17) is 23.4 Å². The van der Waals surface area contributed by atoms with Crippen LogP contribution < -0.4 is 10.4 Å². The van der Waals surface area contributed by atoms with Gasteiger partial charge in [-0.15, -0.1) is 0 Å². The predicted octanol–water partition coefficient (Wildman–Crippen LogP) is 3.48. The minimum absolute atomic E-state index is 0.0820. The summed E-state index contributed by atoms with van der Waals surface area (Å²) in [6.45, 7) is 8.47. The van der Waals surface area contributed by atoms with Crippen LogP contribution in [0.25, 0.3) is 0 Å². The fourth-order valence-corrected chi connectivity index (χ4v) is 8.59. The van der Waals surface area contributed by atoms with E-state index in [-0.39, 0.29) is 24.0 Å². The first-order valence-electron chi connectivity index (χ1n) is 10.7. The Hall–Kier alpha value is -1.96. The van der Waals surface area contributed by atoms with Crippen molar-refractivity contribution in [3.05, 3.63) is 73.0 Å². The van der Waals surface area contributed by atoms with Crippen molar-refractivity contribution in [1.82, 2.24) is 0 Å². The third kappa shape index (κ3) is 5.64. The highest BCUT2D eigenvalue weighted by Gasteiger charge is 2.50. The fourth-order valence-electron chi connectivity index (χ4n) is 4.02. The summed E-state index contributed by atoms with van der Waals surface area (Å²) in [7, 11) is -0.958. The zero-order valence-electron chi connectivity index (χ0n) is 19.0. The highest BCUT2D eigenvalue weighted by molar-refractivity contribution is 6.99. The van der Waals surface area contributed by atoms with Gasteiger partial charge in [0.15, 0.2) is 0 Å². The number of methoxy groups -OCH3 is 1. The number of benzene rings is 2. The normalized spacial score (nSPS) is 18.8. The van der Waals surface area contributed by atoms with E-state index in [1.54, 1.807) is 13.4 Å². The van der Waals surface area contributed by atoms with Gasteiger partial charge in [-0.3, -0.25) is 0 Å². The lowest BCUT2D eigenvalue weighted by molar-refractivity contribution is -0.111. The molecule has 0 radical (unpaired) electrons. The molecule has 0 fully saturated rings. The van der Waals surface area contributed by atoms with Crippen molar-refractivity contribution >= 4 is 18.7 Å². The highest BCUT2D eigenvalue weighted by Crippen LogP contribution is 2.37. The summed E-state index contributed by atoms with van der Waals surface area (Å²) in [5.74, 6) is 0. The molecule has 1 aliphatic rings. The molecule has 1 aliphatic heterocycles. The Labute approximate surface area is 187 Å². The lowest BCUT2D eigenvalue weighted by atomic mass is 10.2. The maximum Gasteiger partial charge on any atom is 0.261 e. The van der Waals surface area contributed by atoms with Crippen LogP contribution in [-0.2, 0) is 23.4 Å². The van der Waals surface area contributed by atoms with Gasteiger partial charge < -0.3 is 23.4 Å². The van der Waals surface area contributed by atoms with Crippen LogP contribution in [0.15, 0.2) is 73.0 Å². The minimum Gasteiger partial charge on any atom is -0.493 e. The van der Waals surface area contributed by atoms with E-state index in [0.717, 1.165) is 0 Å².